The number of carbonyl (C=O) groups is 3. The van der Waals surface area contributed by atoms with E-state index in [0.717, 1.165) is 12.8 Å². The lowest BCUT2D eigenvalue weighted by molar-refractivity contribution is -0.159. The largest absolute Gasteiger partial charge is 0.473 e. The Balaban J connectivity index is 0. The number of carbonyl (C=O) groups excluding carboxylic acids is 1. The van der Waals surface area contributed by atoms with Crippen LogP contribution < -0.4 is 0 Å². The van der Waals surface area contributed by atoms with E-state index >= 15 is 0 Å². The molecular weight excluding hydrogens is 204 g/mol. The molecule has 0 aromatic carbocycles. The summed E-state index contributed by atoms with van der Waals surface area (Å²) in [4.78, 5) is 28.4. The quantitative estimate of drug-likeness (QED) is 0.414. The molecule has 6 heteroatoms. The molecule has 0 aromatic heterocycles. The molecule has 0 rings (SSSR count). The molecule has 0 aliphatic carbocycles. The number of unbranched alkanes of at least 4 members (excludes halogenated alkanes) is 2. The van der Waals surface area contributed by atoms with E-state index in [9.17, 15) is 4.79 Å². The summed E-state index contributed by atoms with van der Waals surface area (Å²) in [6.07, 6.45) is 3.31. The van der Waals surface area contributed by atoms with Crippen molar-refractivity contribution in [3.8, 4) is 0 Å². The summed E-state index contributed by atoms with van der Waals surface area (Å²) in [5, 5.41) is 14.8. The Morgan fingerprint density at radius 3 is 1.80 bits per heavy atom. The van der Waals surface area contributed by atoms with Crippen LogP contribution in [0.5, 0.6) is 0 Å². The van der Waals surface area contributed by atoms with Crippen LogP contribution in [0.3, 0.4) is 0 Å². The zero-order chi connectivity index (χ0) is 12.3. The van der Waals surface area contributed by atoms with E-state index in [4.69, 9.17) is 24.5 Å². The van der Waals surface area contributed by atoms with Gasteiger partial charge in [-0.05, 0) is 6.42 Å². The van der Waals surface area contributed by atoms with Gasteiger partial charge in [-0.25, -0.2) is 9.59 Å². The van der Waals surface area contributed by atoms with Crippen molar-refractivity contribution < 1.29 is 29.3 Å². The SMILES string of the molecule is CCCCCOC(C)=O.O=C(O)C(=O)O. The first-order chi connectivity index (χ1) is 6.91. The lowest BCUT2D eigenvalue weighted by atomic mass is 10.3. The van der Waals surface area contributed by atoms with Gasteiger partial charge in [0.15, 0.2) is 0 Å². The molecule has 0 unspecified atom stereocenters. The molecule has 0 amide bonds. The van der Waals surface area contributed by atoms with E-state index in [1.807, 2.05) is 0 Å². The van der Waals surface area contributed by atoms with E-state index in [2.05, 4.69) is 6.92 Å². The van der Waals surface area contributed by atoms with Crippen LogP contribution in [0.15, 0.2) is 0 Å². The predicted molar refractivity (Wildman–Crippen MR) is 51.4 cm³/mol. The minimum absolute atomic E-state index is 0.175. The second kappa shape index (κ2) is 10.5. The van der Waals surface area contributed by atoms with Gasteiger partial charge in [-0.1, -0.05) is 19.8 Å². The van der Waals surface area contributed by atoms with Crippen LogP contribution in [0, 0.1) is 0 Å². The molecule has 0 aliphatic heterocycles. The Bertz CT molecular complexity index is 199. The summed E-state index contributed by atoms with van der Waals surface area (Å²) >= 11 is 0. The fourth-order valence-corrected chi connectivity index (χ4v) is 0.568. The topological polar surface area (TPSA) is 101 Å². The molecule has 6 nitrogen and oxygen atoms in total. The van der Waals surface area contributed by atoms with Gasteiger partial charge in [0.05, 0.1) is 6.61 Å². The average Bonchev–Trinajstić information content (AvgIpc) is 2.13. The van der Waals surface area contributed by atoms with Gasteiger partial charge in [0.25, 0.3) is 0 Å². The fraction of sp³-hybridized carbons (Fsp3) is 0.667. The van der Waals surface area contributed by atoms with Gasteiger partial charge in [0.2, 0.25) is 0 Å². The molecule has 2 N–H and O–H groups in total. The van der Waals surface area contributed by atoms with Crippen LogP contribution in [0.1, 0.15) is 33.1 Å². The molecule has 0 saturated carbocycles. The number of ether oxygens (including phenoxy) is 1. The number of carboxylic acids is 2. The highest BCUT2D eigenvalue weighted by atomic mass is 16.5. The number of hydrogen-bond donors (Lipinski definition) is 2. The van der Waals surface area contributed by atoms with Gasteiger partial charge in [-0.15, -0.1) is 0 Å². The lowest BCUT2D eigenvalue weighted by Crippen LogP contribution is -2.09. The molecule has 15 heavy (non-hydrogen) atoms. The van der Waals surface area contributed by atoms with Crippen LogP contribution in [-0.2, 0) is 19.1 Å². The first kappa shape index (κ1) is 15.9. The molecule has 0 bridgehead atoms. The van der Waals surface area contributed by atoms with E-state index in [1.54, 1.807) is 0 Å². The number of carboxylic acid groups (broad SMARTS) is 2. The minimum atomic E-state index is -1.82. The Hall–Kier alpha value is -1.59. The van der Waals surface area contributed by atoms with Gasteiger partial charge in [0.1, 0.15) is 0 Å². The maximum atomic E-state index is 10.2. The summed E-state index contributed by atoms with van der Waals surface area (Å²) < 4.78 is 4.70. The second-order valence-corrected chi connectivity index (χ2v) is 2.66. The van der Waals surface area contributed by atoms with E-state index in [1.165, 1.54) is 13.3 Å². The Morgan fingerprint density at radius 1 is 1.07 bits per heavy atom. The number of rotatable bonds is 4. The van der Waals surface area contributed by atoms with Gasteiger partial charge < -0.3 is 14.9 Å². The minimum Gasteiger partial charge on any atom is -0.473 e. The van der Waals surface area contributed by atoms with Crippen LogP contribution in [0.4, 0.5) is 0 Å². The summed E-state index contributed by atoms with van der Waals surface area (Å²) in [6.45, 7) is 4.14. The molecule has 0 heterocycles. The van der Waals surface area contributed by atoms with Gasteiger partial charge >= 0.3 is 17.9 Å². The van der Waals surface area contributed by atoms with Crippen molar-refractivity contribution >= 4 is 17.9 Å². The zero-order valence-electron chi connectivity index (χ0n) is 8.86. The third-order valence-corrected chi connectivity index (χ3v) is 1.24. The maximum Gasteiger partial charge on any atom is 0.414 e. The van der Waals surface area contributed by atoms with Gasteiger partial charge in [-0.3, -0.25) is 4.79 Å². The van der Waals surface area contributed by atoms with Crippen LogP contribution >= 0.6 is 0 Å². The van der Waals surface area contributed by atoms with Crippen molar-refractivity contribution in [2.24, 2.45) is 0 Å². The highest BCUT2D eigenvalue weighted by Gasteiger charge is 2.04. The van der Waals surface area contributed by atoms with E-state index in [-0.39, 0.29) is 5.97 Å². The maximum absolute atomic E-state index is 10.2. The standard InChI is InChI=1S/C7H14O2.C2H2O4/c1-3-4-5-6-9-7(2)8;3-1(4)2(5)6/h3-6H2,1-2H3;(H,3,4)(H,5,6). The smallest absolute Gasteiger partial charge is 0.414 e. The molecule has 88 valence electrons. The highest BCUT2D eigenvalue weighted by Crippen LogP contribution is 1.93. The Kier molecular flexibility index (Phi) is 11.1. The third-order valence-electron chi connectivity index (χ3n) is 1.24. The summed E-state index contributed by atoms with van der Waals surface area (Å²) in [5.74, 6) is -3.82. The molecule has 0 atom stereocenters. The number of aliphatic carboxylic acids is 2. The number of esters is 1. The fourth-order valence-electron chi connectivity index (χ4n) is 0.568. The highest BCUT2D eigenvalue weighted by molar-refractivity contribution is 6.27. The van der Waals surface area contributed by atoms with Gasteiger partial charge in [0, 0.05) is 6.92 Å². The summed E-state index contributed by atoms with van der Waals surface area (Å²) in [6, 6.07) is 0. The second-order valence-electron chi connectivity index (χ2n) is 2.66. The van der Waals surface area contributed by atoms with E-state index < -0.39 is 11.9 Å². The first-order valence-corrected chi connectivity index (χ1v) is 4.51. The van der Waals surface area contributed by atoms with E-state index in [0.29, 0.717) is 6.61 Å². The molecule has 0 saturated heterocycles. The van der Waals surface area contributed by atoms with Crippen LogP contribution in [0.2, 0.25) is 0 Å². The molecular formula is C9H16O6. The van der Waals surface area contributed by atoms with Crippen molar-refractivity contribution in [3.63, 3.8) is 0 Å². The summed E-state index contributed by atoms with van der Waals surface area (Å²) in [5.41, 5.74) is 0. The monoisotopic (exact) mass is 220 g/mol. The van der Waals surface area contributed by atoms with Crippen molar-refractivity contribution in [1.29, 1.82) is 0 Å². The molecule has 0 fully saturated rings. The molecule has 0 radical (unpaired) electrons. The van der Waals surface area contributed by atoms with Crippen molar-refractivity contribution in [3.05, 3.63) is 0 Å². The van der Waals surface area contributed by atoms with Crippen molar-refractivity contribution in [2.45, 2.75) is 33.1 Å². The predicted octanol–water partition coefficient (Wildman–Crippen LogP) is 0.895. The van der Waals surface area contributed by atoms with Crippen molar-refractivity contribution in [2.75, 3.05) is 6.61 Å². The lowest BCUT2D eigenvalue weighted by Gasteiger charge is -1.98. The summed E-state index contributed by atoms with van der Waals surface area (Å²) in [7, 11) is 0. The van der Waals surface area contributed by atoms with Crippen molar-refractivity contribution in [1.82, 2.24) is 0 Å². The molecule has 0 spiro atoms. The number of hydrogen-bond acceptors (Lipinski definition) is 4. The van der Waals surface area contributed by atoms with Crippen LogP contribution in [-0.4, -0.2) is 34.7 Å². The van der Waals surface area contributed by atoms with Crippen LogP contribution in [0.25, 0.3) is 0 Å². The average molecular weight is 220 g/mol. The normalized spacial score (nSPS) is 8.40. The van der Waals surface area contributed by atoms with Gasteiger partial charge in [-0.2, -0.15) is 0 Å². The molecule has 0 aliphatic rings. The Morgan fingerprint density at radius 2 is 1.53 bits per heavy atom. The molecule has 0 aromatic rings. The third kappa shape index (κ3) is 19.0. The first-order valence-electron chi connectivity index (χ1n) is 4.51. The zero-order valence-corrected chi connectivity index (χ0v) is 8.86. The Labute approximate surface area is 87.9 Å².